The van der Waals surface area contributed by atoms with Crippen LogP contribution in [0.2, 0.25) is 0 Å². The van der Waals surface area contributed by atoms with Gasteiger partial charge in [-0.2, -0.15) is 5.26 Å². The predicted octanol–water partition coefficient (Wildman–Crippen LogP) is 0.963. The van der Waals surface area contributed by atoms with Crippen LogP contribution in [0, 0.1) is 24.2 Å². The average molecular weight is 244 g/mol. The van der Waals surface area contributed by atoms with Crippen molar-refractivity contribution >= 4 is 11.7 Å². The van der Waals surface area contributed by atoms with Gasteiger partial charge in [-0.3, -0.25) is 4.79 Å². The molecule has 0 saturated carbocycles. The van der Waals surface area contributed by atoms with Gasteiger partial charge in [0.1, 0.15) is 5.82 Å². The molecule has 0 aliphatic carbocycles. The van der Waals surface area contributed by atoms with Gasteiger partial charge in [-0.1, -0.05) is 0 Å². The number of pyridine rings is 1. The van der Waals surface area contributed by atoms with E-state index in [2.05, 4.69) is 11.1 Å². The van der Waals surface area contributed by atoms with Crippen molar-refractivity contribution < 1.29 is 4.79 Å². The number of piperidine rings is 1. The SMILES string of the molecule is Cc1cc(C#N)cc(N2CCCC(C(N)=O)C2)n1. The first kappa shape index (κ1) is 12.4. The third-order valence-electron chi connectivity index (χ3n) is 3.22. The number of carbonyl (C=O) groups excluding carboxylic acids is 1. The van der Waals surface area contributed by atoms with Crippen molar-refractivity contribution in [2.75, 3.05) is 18.0 Å². The topological polar surface area (TPSA) is 83.0 Å². The summed E-state index contributed by atoms with van der Waals surface area (Å²) in [5.74, 6) is 0.386. The van der Waals surface area contributed by atoms with Gasteiger partial charge in [-0.05, 0) is 31.9 Å². The lowest BCUT2D eigenvalue weighted by Crippen LogP contribution is -2.41. The molecule has 1 aromatic rings. The Balaban J connectivity index is 2.23. The summed E-state index contributed by atoms with van der Waals surface area (Å²) < 4.78 is 0. The minimum atomic E-state index is -0.257. The summed E-state index contributed by atoms with van der Waals surface area (Å²) in [6, 6.07) is 5.63. The Morgan fingerprint density at radius 3 is 3.06 bits per heavy atom. The summed E-state index contributed by atoms with van der Waals surface area (Å²) in [5.41, 5.74) is 6.76. The molecule has 1 aliphatic heterocycles. The van der Waals surface area contributed by atoms with Gasteiger partial charge in [0.2, 0.25) is 5.91 Å². The van der Waals surface area contributed by atoms with E-state index < -0.39 is 0 Å². The Bertz CT molecular complexity index is 506. The number of aryl methyl sites for hydroxylation is 1. The lowest BCUT2D eigenvalue weighted by atomic mass is 9.97. The zero-order valence-electron chi connectivity index (χ0n) is 10.4. The zero-order chi connectivity index (χ0) is 13.1. The van der Waals surface area contributed by atoms with Gasteiger partial charge in [0.15, 0.2) is 0 Å². The largest absolute Gasteiger partial charge is 0.369 e. The van der Waals surface area contributed by atoms with E-state index >= 15 is 0 Å². The third-order valence-corrected chi connectivity index (χ3v) is 3.22. The van der Waals surface area contributed by atoms with Gasteiger partial charge in [0.05, 0.1) is 17.6 Å². The molecule has 5 heteroatoms. The number of primary amides is 1. The van der Waals surface area contributed by atoms with Crippen molar-refractivity contribution in [3.63, 3.8) is 0 Å². The number of nitrogens with two attached hydrogens (primary N) is 1. The Hall–Kier alpha value is -2.09. The second kappa shape index (κ2) is 5.05. The van der Waals surface area contributed by atoms with Crippen LogP contribution in [0.4, 0.5) is 5.82 Å². The fraction of sp³-hybridized carbons (Fsp3) is 0.462. The van der Waals surface area contributed by atoms with Crippen molar-refractivity contribution in [3.05, 3.63) is 23.4 Å². The quantitative estimate of drug-likeness (QED) is 0.840. The minimum Gasteiger partial charge on any atom is -0.369 e. The molecule has 1 fully saturated rings. The van der Waals surface area contributed by atoms with Crippen LogP contribution in [-0.2, 0) is 4.79 Å². The second-order valence-corrected chi connectivity index (χ2v) is 4.65. The summed E-state index contributed by atoms with van der Waals surface area (Å²) in [5, 5.41) is 8.95. The highest BCUT2D eigenvalue weighted by atomic mass is 16.1. The van der Waals surface area contributed by atoms with Crippen LogP contribution < -0.4 is 10.6 Å². The van der Waals surface area contributed by atoms with Crippen molar-refractivity contribution in [1.29, 1.82) is 5.26 Å². The van der Waals surface area contributed by atoms with Gasteiger partial charge in [-0.25, -0.2) is 4.98 Å². The molecule has 0 radical (unpaired) electrons. The molecule has 1 atom stereocenters. The molecule has 0 aromatic carbocycles. The lowest BCUT2D eigenvalue weighted by Gasteiger charge is -2.32. The number of hydrogen-bond acceptors (Lipinski definition) is 4. The van der Waals surface area contributed by atoms with Crippen LogP contribution in [0.5, 0.6) is 0 Å². The van der Waals surface area contributed by atoms with E-state index in [1.807, 2.05) is 11.8 Å². The maximum Gasteiger partial charge on any atom is 0.222 e. The number of carbonyl (C=O) groups is 1. The number of nitriles is 1. The standard InChI is InChI=1S/C13H16N4O/c1-9-5-10(7-14)6-12(16-9)17-4-2-3-11(8-17)13(15)18/h5-6,11H,2-4,8H2,1H3,(H2,15,18). The van der Waals surface area contributed by atoms with Crippen LogP contribution in [0.3, 0.4) is 0 Å². The highest BCUT2D eigenvalue weighted by Crippen LogP contribution is 2.22. The molecule has 18 heavy (non-hydrogen) atoms. The number of amides is 1. The molecule has 0 bridgehead atoms. The van der Waals surface area contributed by atoms with E-state index in [1.165, 1.54) is 0 Å². The molecule has 94 valence electrons. The highest BCUT2D eigenvalue weighted by molar-refractivity contribution is 5.77. The van der Waals surface area contributed by atoms with Crippen LogP contribution in [-0.4, -0.2) is 24.0 Å². The summed E-state index contributed by atoms with van der Waals surface area (Å²) in [7, 11) is 0. The Morgan fingerprint density at radius 1 is 1.61 bits per heavy atom. The van der Waals surface area contributed by atoms with Gasteiger partial charge < -0.3 is 10.6 Å². The fourth-order valence-electron chi connectivity index (χ4n) is 2.30. The second-order valence-electron chi connectivity index (χ2n) is 4.65. The van der Waals surface area contributed by atoms with E-state index in [0.717, 1.165) is 30.9 Å². The Kier molecular flexibility index (Phi) is 3.47. The number of hydrogen-bond donors (Lipinski definition) is 1. The van der Waals surface area contributed by atoms with Crippen LogP contribution in [0.15, 0.2) is 12.1 Å². The van der Waals surface area contributed by atoms with Crippen molar-refractivity contribution in [3.8, 4) is 6.07 Å². The molecule has 1 saturated heterocycles. The van der Waals surface area contributed by atoms with E-state index in [-0.39, 0.29) is 11.8 Å². The van der Waals surface area contributed by atoms with Gasteiger partial charge in [0, 0.05) is 18.8 Å². The van der Waals surface area contributed by atoms with E-state index in [4.69, 9.17) is 11.0 Å². The van der Waals surface area contributed by atoms with E-state index in [1.54, 1.807) is 12.1 Å². The van der Waals surface area contributed by atoms with Gasteiger partial charge in [-0.15, -0.1) is 0 Å². The smallest absolute Gasteiger partial charge is 0.222 e. The molecule has 1 unspecified atom stereocenters. The average Bonchev–Trinajstić information content (AvgIpc) is 2.38. The minimum absolute atomic E-state index is 0.119. The zero-order valence-corrected chi connectivity index (χ0v) is 10.4. The van der Waals surface area contributed by atoms with Crippen LogP contribution >= 0.6 is 0 Å². The molecule has 1 amide bonds. The molecule has 1 aliphatic rings. The van der Waals surface area contributed by atoms with Crippen molar-refractivity contribution in [2.45, 2.75) is 19.8 Å². The number of aromatic nitrogens is 1. The number of rotatable bonds is 2. The normalized spacial score (nSPS) is 19.3. The third kappa shape index (κ3) is 2.59. The Labute approximate surface area is 106 Å². The molecular weight excluding hydrogens is 228 g/mol. The lowest BCUT2D eigenvalue weighted by molar-refractivity contribution is -0.122. The maximum atomic E-state index is 11.2. The van der Waals surface area contributed by atoms with Gasteiger partial charge in [0.25, 0.3) is 0 Å². The molecule has 0 spiro atoms. The van der Waals surface area contributed by atoms with Crippen molar-refractivity contribution in [2.24, 2.45) is 11.7 Å². The molecule has 5 nitrogen and oxygen atoms in total. The first-order valence-corrected chi connectivity index (χ1v) is 6.03. The molecule has 2 rings (SSSR count). The molecule has 1 aromatic heterocycles. The molecule has 2 N–H and O–H groups in total. The number of nitrogens with zero attached hydrogens (tertiary/aromatic N) is 3. The summed E-state index contributed by atoms with van der Waals surface area (Å²) in [6.45, 7) is 3.31. The van der Waals surface area contributed by atoms with Crippen molar-refractivity contribution in [1.82, 2.24) is 4.98 Å². The maximum absolute atomic E-state index is 11.2. The fourth-order valence-corrected chi connectivity index (χ4v) is 2.30. The highest BCUT2D eigenvalue weighted by Gasteiger charge is 2.24. The van der Waals surface area contributed by atoms with E-state index in [0.29, 0.717) is 12.1 Å². The number of anilines is 1. The molecular formula is C13H16N4O. The summed E-state index contributed by atoms with van der Waals surface area (Å²) in [6.07, 6.45) is 1.76. The van der Waals surface area contributed by atoms with Gasteiger partial charge >= 0.3 is 0 Å². The van der Waals surface area contributed by atoms with E-state index in [9.17, 15) is 4.79 Å². The predicted molar refractivity (Wildman–Crippen MR) is 67.8 cm³/mol. The van der Waals surface area contributed by atoms with Crippen LogP contribution in [0.1, 0.15) is 24.1 Å². The monoisotopic (exact) mass is 244 g/mol. The molecule has 2 heterocycles. The Morgan fingerprint density at radius 2 is 2.39 bits per heavy atom. The summed E-state index contributed by atoms with van der Waals surface area (Å²) >= 11 is 0. The first-order valence-electron chi connectivity index (χ1n) is 6.03. The van der Waals surface area contributed by atoms with Crippen LogP contribution in [0.25, 0.3) is 0 Å². The summed E-state index contributed by atoms with van der Waals surface area (Å²) in [4.78, 5) is 17.7. The first-order chi connectivity index (χ1) is 8.60.